The molecule has 0 unspecified atom stereocenters. The van der Waals surface area contributed by atoms with Gasteiger partial charge in [-0.3, -0.25) is 0 Å². The van der Waals surface area contributed by atoms with Crippen LogP contribution in [0.3, 0.4) is 0 Å². The summed E-state index contributed by atoms with van der Waals surface area (Å²) in [5.41, 5.74) is 17.4. The third-order valence-electron chi connectivity index (χ3n) is 13.6. The fourth-order valence-corrected chi connectivity index (χ4v) is 10.8. The molecular formula is C60H36N2. The highest BCUT2D eigenvalue weighted by atomic mass is 15.0. The van der Waals surface area contributed by atoms with E-state index in [-0.39, 0.29) is 0 Å². The summed E-state index contributed by atoms with van der Waals surface area (Å²) in [6.45, 7) is 0. The quantitative estimate of drug-likeness (QED) is 0.168. The number of para-hydroxylation sites is 2. The third kappa shape index (κ3) is 4.75. The zero-order valence-corrected chi connectivity index (χ0v) is 33.7. The summed E-state index contributed by atoms with van der Waals surface area (Å²) in [5.74, 6) is 0. The van der Waals surface area contributed by atoms with Crippen LogP contribution in [0.4, 0.5) is 0 Å². The minimum atomic E-state index is 1.16. The maximum absolute atomic E-state index is 2.44. The molecule has 0 bridgehead atoms. The van der Waals surface area contributed by atoms with Crippen molar-refractivity contribution in [3.8, 4) is 55.9 Å². The van der Waals surface area contributed by atoms with Gasteiger partial charge in [-0.05, 0) is 156 Å². The van der Waals surface area contributed by atoms with Gasteiger partial charge >= 0.3 is 0 Å². The van der Waals surface area contributed by atoms with Gasteiger partial charge in [-0.2, -0.15) is 0 Å². The fourth-order valence-electron chi connectivity index (χ4n) is 10.8. The zero-order valence-electron chi connectivity index (χ0n) is 33.7. The van der Waals surface area contributed by atoms with Crippen LogP contribution in [-0.4, -0.2) is 9.13 Å². The van der Waals surface area contributed by atoms with Gasteiger partial charge in [-0.25, -0.2) is 0 Å². The highest BCUT2D eigenvalue weighted by Crippen LogP contribution is 2.49. The SMILES string of the molecule is c1ccc(-n2c3ccc(-c4ccc5c(c4)c4ccccc4n5-c4ccc5cc(-c6cc7c8c(cccc8c6)-c6ccccc6-7)ccc5c4)cc3c3c4ccccc4ccc32)cc1. The van der Waals surface area contributed by atoms with E-state index in [1.165, 1.54) is 126 Å². The molecule has 2 aromatic heterocycles. The first-order valence-corrected chi connectivity index (χ1v) is 21.5. The average Bonchev–Trinajstić information content (AvgIpc) is 3.97. The van der Waals surface area contributed by atoms with Crippen molar-refractivity contribution in [1.82, 2.24) is 9.13 Å². The Hall–Kier alpha value is -8.20. The van der Waals surface area contributed by atoms with Crippen LogP contribution in [0.25, 0.3) is 132 Å². The van der Waals surface area contributed by atoms with Crippen LogP contribution in [0.1, 0.15) is 0 Å². The topological polar surface area (TPSA) is 9.86 Å². The molecule has 2 heterocycles. The number of aromatic nitrogens is 2. The van der Waals surface area contributed by atoms with Gasteiger partial charge in [0, 0.05) is 32.9 Å². The van der Waals surface area contributed by atoms with Crippen molar-refractivity contribution in [3.63, 3.8) is 0 Å². The molecule has 0 spiro atoms. The van der Waals surface area contributed by atoms with Crippen molar-refractivity contribution in [2.75, 3.05) is 0 Å². The van der Waals surface area contributed by atoms with Gasteiger partial charge < -0.3 is 9.13 Å². The average molecular weight is 785 g/mol. The molecule has 11 aromatic carbocycles. The Morgan fingerprint density at radius 2 is 0.790 bits per heavy atom. The number of benzene rings is 11. The van der Waals surface area contributed by atoms with Crippen molar-refractivity contribution < 1.29 is 0 Å². The lowest BCUT2D eigenvalue weighted by Crippen LogP contribution is -1.94. The monoisotopic (exact) mass is 784 g/mol. The summed E-state index contributed by atoms with van der Waals surface area (Å²) in [6.07, 6.45) is 0. The minimum Gasteiger partial charge on any atom is -0.309 e. The molecule has 0 atom stereocenters. The molecule has 14 rings (SSSR count). The number of hydrogen-bond acceptors (Lipinski definition) is 0. The van der Waals surface area contributed by atoms with Gasteiger partial charge in [-0.1, -0.05) is 140 Å². The van der Waals surface area contributed by atoms with Gasteiger partial charge in [0.15, 0.2) is 0 Å². The summed E-state index contributed by atoms with van der Waals surface area (Å²) in [7, 11) is 0. The standard InChI is InChI=1S/C60H36N2/c1-2-13-45(14-3-1)61-57-29-26-42(35-54(57)60-47-15-5-4-11-37(47)24-30-58(60)61)41-25-28-56-52(34-41)50-18-8-9-20-55(50)62(56)46-27-23-38-31-39(21-22-40(38)33-46)44-32-43-12-10-19-51-48-16-6-7-17-49(48)53(36-44)59(43)51/h1-36H. The molecule has 1 aliphatic rings. The predicted molar refractivity (Wildman–Crippen MR) is 263 cm³/mol. The van der Waals surface area contributed by atoms with Crippen molar-refractivity contribution in [2.24, 2.45) is 0 Å². The smallest absolute Gasteiger partial charge is 0.0547 e. The van der Waals surface area contributed by atoms with E-state index in [0.29, 0.717) is 0 Å². The van der Waals surface area contributed by atoms with E-state index in [9.17, 15) is 0 Å². The largest absolute Gasteiger partial charge is 0.309 e. The Morgan fingerprint density at radius 1 is 0.226 bits per heavy atom. The molecule has 0 saturated carbocycles. The first-order valence-electron chi connectivity index (χ1n) is 21.5. The van der Waals surface area contributed by atoms with Gasteiger partial charge in [-0.15, -0.1) is 0 Å². The van der Waals surface area contributed by atoms with E-state index in [1.54, 1.807) is 0 Å². The van der Waals surface area contributed by atoms with Crippen LogP contribution in [0, 0.1) is 0 Å². The minimum absolute atomic E-state index is 1.16. The van der Waals surface area contributed by atoms with Crippen LogP contribution >= 0.6 is 0 Å². The maximum Gasteiger partial charge on any atom is 0.0547 e. The molecule has 0 radical (unpaired) electrons. The van der Waals surface area contributed by atoms with Crippen LogP contribution in [-0.2, 0) is 0 Å². The van der Waals surface area contributed by atoms with E-state index >= 15 is 0 Å². The molecule has 0 aliphatic heterocycles. The Morgan fingerprint density at radius 3 is 1.66 bits per heavy atom. The molecule has 0 fully saturated rings. The molecule has 1 aliphatic carbocycles. The third-order valence-corrected chi connectivity index (χ3v) is 13.6. The maximum atomic E-state index is 2.44. The molecule has 286 valence electrons. The van der Waals surface area contributed by atoms with Crippen molar-refractivity contribution in [3.05, 3.63) is 218 Å². The summed E-state index contributed by atoms with van der Waals surface area (Å²) < 4.78 is 4.85. The number of fused-ring (bicyclic) bond motifs is 12. The summed E-state index contributed by atoms with van der Waals surface area (Å²) in [4.78, 5) is 0. The highest BCUT2D eigenvalue weighted by molar-refractivity contribution is 6.22. The first kappa shape index (κ1) is 33.6. The van der Waals surface area contributed by atoms with E-state index in [0.717, 1.165) is 5.69 Å². The second-order valence-electron chi connectivity index (χ2n) is 16.9. The van der Waals surface area contributed by atoms with Gasteiger partial charge in [0.25, 0.3) is 0 Å². The molecule has 2 heteroatoms. The predicted octanol–water partition coefficient (Wildman–Crippen LogP) is 16.3. The number of nitrogens with zero attached hydrogens (tertiary/aromatic N) is 2. The number of hydrogen-bond donors (Lipinski definition) is 0. The Kier molecular flexibility index (Phi) is 6.86. The van der Waals surface area contributed by atoms with E-state index in [1.807, 2.05) is 0 Å². The Bertz CT molecular complexity index is 4030. The molecular weight excluding hydrogens is 749 g/mol. The van der Waals surface area contributed by atoms with Crippen LogP contribution in [0.2, 0.25) is 0 Å². The molecule has 62 heavy (non-hydrogen) atoms. The summed E-state index contributed by atoms with van der Waals surface area (Å²) >= 11 is 0. The van der Waals surface area contributed by atoms with Gasteiger partial charge in [0.1, 0.15) is 0 Å². The fraction of sp³-hybridized carbons (Fsp3) is 0. The van der Waals surface area contributed by atoms with Crippen LogP contribution in [0.15, 0.2) is 218 Å². The van der Waals surface area contributed by atoms with Crippen molar-refractivity contribution >= 4 is 75.9 Å². The van der Waals surface area contributed by atoms with Crippen molar-refractivity contribution in [2.45, 2.75) is 0 Å². The lowest BCUT2D eigenvalue weighted by molar-refractivity contribution is 1.18. The highest BCUT2D eigenvalue weighted by Gasteiger charge is 2.22. The summed E-state index contributed by atoms with van der Waals surface area (Å²) in [5, 5.41) is 12.7. The van der Waals surface area contributed by atoms with Gasteiger partial charge in [0.2, 0.25) is 0 Å². The lowest BCUT2D eigenvalue weighted by Gasteiger charge is -2.12. The summed E-state index contributed by atoms with van der Waals surface area (Å²) in [6, 6.07) is 81.0. The second kappa shape index (κ2) is 12.7. The molecule has 0 amide bonds. The Labute approximate surface area is 357 Å². The van der Waals surface area contributed by atoms with Crippen LogP contribution in [0.5, 0.6) is 0 Å². The lowest BCUT2D eigenvalue weighted by atomic mass is 9.95. The first-order chi connectivity index (χ1) is 30.7. The van der Waals surface area contributed by atoms with E-state index in [4.69, 9.17) is 0 Å². The molecule has 0 saturated heterocycles. The Balaban J connectivity index is 0.888. The van der Waals surface area contributed by atoms with E-state index in [2.05, 4.69) is 228 Å². The zero-order chi connectivity index (χ0) is 40.5. The molecule has 0 N–H and O–H groups in total. The molecule has 2 nitrogen and oxygen atoms in total. The van der Waals surface area contributed by atoms with Crippen molar-refractivity contribution in [1.29, 1.82) is 0 Å². The normalized spacial score (nSPS) is 12.2. The van der Waals surface area contributed by atoms with Gasteiger partial charge in [0.05, 0.1) is 22.1 Å². The van der Waals surface area contributed by atoms with Crippen LogP contribution < -0.4 is 0 Å². The van der Waals surface area contributed by atoms with E-state index < -0.39 is 0 Å². The molecule has 13 aromatic rings. The second-order valence-corrected chi connectivity index (χ2v) is 16.9. The number of rotatable bonds is 4.